The fraction of sp³-hybridized carbons (Fsp3) is 0.562. The van der Waals surface area contributed by atoms with Gasteiger partial charge in [-0.1, -0.05) is 6.92 Å². The molecule has 0 amide bonds. The Labute approximate surface area is 164 Å². The first kappa shape index (κ1) is 23.3. The van der Waals surface area contributed by atoms with Gasteiger partial charge in [0.1, 0.15) is 0 Å². The Morgan fingerprint density at radius 1 is 1.44 bits per heavy atom. The molecule has 0 saturated carbocycles. The van der Waals surface area contributed by atoms with Gasteiger partial charge in [0, 0.05) is 24.7 Å². The normalized spacial score (nSPS) is 20.1. The van der Waals surface area contributed by atoms with Gasteiger partial charge in [-0.15, -0.1) is 12.4 Å². The van der Waals surface area contributed by atoms with Crippen molar-refractivity contribution in [1.29, 1.82) is 0 Å². The van der Waals surface area contributed by atoms with Gasteiger partial charge in [-0.3, -0.25) is 10.1 Å². The molecule has 0 spiro atoms. The molecule has 1 aromatic rings. The lowest BCUT2D eigenvalue weighted by Crippen LogP contribution is -2.34. The summed E-state index contributed by atoms with van der Waals surface area (Å²) in [5.41, 5.74) is 4.89. The monoisotopic (exact) mass is 421 g/mol. The quantitative estimate of drug-likeness (QED) is 0.421. The number of nitrogens with two attached hydrogens (primary N) is 1. The summed E-state index contributed by atoms with van der Waals surface area (Å²) >= 11 is 0. The summed E-state index contributed by atoms with van der Waals surface area (Å²) in [5.74, 6) is -0.793. The number of carbonyl (C=O) groups is 1. The summed E-state index contributed by atoms with van der Waals surface area (Å²) < 4.78 is 32.1. The molecule has 1 atom stereocenters. The third-order valence-corrected chi connectivity index (χ3v) is 6.52. The number of hydrogen-bond acceptors (Lipinski definition) is 7. The summed E-state index contributed by atoms with van der Waals surface area (Å²) in [4.78, 5) is 22.5. The number of rotatable bonds is 6. The highest BCUT2D eigenvalue weighted by molar-refractivity contribution is 7.89. The molecule has 1 unspecified atom stereocenters. The van der Waals surface area contributed by atoms with Crippen LogP contribution in [-0.4, -0.2) is 49.9 Å². The Morgan fingerprint density at radius 2 is 2.07 bits per heavy atom. The predicted octanol–water partition coefficient (Wildman–Crippen LogP) is 1.86. The summed E-state index contributed by atoms with van der Waals surface area (Å²) in [6.45, 7) is 5.78. The third kappa shape index (κ3) is 4.57. The second kappa shape index (κ2) is 8.51. The zero-order chi connectivity index (χ0) is 19.7. The Balaban J connectivity index is 0.00000364. The Kier molecular flexibility index (Phi) is 7.34. The van der Waals surface area contributed by atoms with Crippen molar-refractivity contribution >= 4 is 34.1 Å². The van der Waals surface area contributed by atoms with E-state index in [4.69, 9.17) is 10.5 Å². The van der Waals surface area contributed by atoms with Gasteiger partial charge in [-0.25, -0.2) is 13.2 Å². The molecule has 1 aliphatic heterocycles. The Hall–Kier alpha value is -1.75. The number of nitro groups is 1. The zero-order valence-electron chi connectivity index (χ0n) is 15.4. The average Bonchev–Trinajstić information content (AvgIpc) is 2.98. The molecule has 0 bridgehead atoms. The summed E-state index contributed by atoms with van der Waals surface area (Å²) in [6, 6.07) is 2.14. The van der Waals surface area contributed by atoms with E-state index in [0.717, 1.165) is 12.1 Å². The number of benzene rings is 1. The standard InChI is InChI=1S/C16H23N3O6S.ClH/c1-4-25-15(20)13-7-12(8-14(11(13)2)19(21)22)26(23,24)18-6-5-16(3,9-17)10-18;/h7-8H,4-6,9-10,17H2,1-3H3;1H. The molecule has 2 rings (SSSR count). The number of carbonyl (C=O) groups excluding carboxylic acids is 1. The number of nitrogens with zero attached hydrogens (tertiary/aromatic N) is 2. The summed E-state index contributed by atoms with van der Waals surface area (Å²) in [7, 11) is -4.00. The lowest BCUT2D eigenvalue weighted by Gasteiger charge is -2.22. The van der Waals surface area contributed by atoms with Crippen LogP contribution >= 0.6 is 12.4 Å². The molecule has 0 aliphatic carbocycles. The maximum Gasteiger partial charge on any atom is 0.338 e. The second-order valence-corrected chi connectivity index (χ2v) is 8.63. The van der Waals surface area contributed by atoms with Gasteiger partial charge in [0.15, 0.2) is 0 Å². The topological polar surface area (TPSA) is 133 Å². The molecule has 1 fully saturated rings. The highest BCUT2D eigenvalue weighted by Crippen LogP contribution is 2.34. The number of hydrogen-bond donors (Lipinski definition) is 1. The summed E-state index contributed by atoms with van der Waals surface area (Å²) in [5, 5.41) is 11.3. The van der Waals surface area contributed by atoms with Crippen molar-refractivity contribution in [1.82, 2.24) is 4.31 Å². The molecule has 1 aliphatic rings. The van der Waals surface area contributed by atoms with Crippen LogP contribution in [0.4, 0.5) is 5.69 Å². The van der Waals surface area contributed by atoms with Gasteiger partial charge in [-0.05, 0) is 38.3 Å². The molecule has 0 aromatic heterocycles. The first-order chi connectivity index (χ1) is 12.1. The number of sulfonamides is 1. The van der Waals surface area contributed by atoms with Crippen LogP contribution in [0.1, 0.15) is 36.2 Å². The minimum atomic E-state index is -4.00. The predicted molar refractivity (Wildman–Crippen MR) is 102 cm³/mol. The Morgan fingerprint density at radius 3 is 2.56 bits per heavy atom. The van der Waals surface area contributed by atoms with Gasteiger partial charge < -0.3 is 10.5 Å². The SMILES string of the molecule is CCOC(=O)c1cc(S(=O)(=O)N2CCC(C)(CN)C2)cc([N+](=O)[O-])c1C.Cl. The first-order valence-corrected chi connectivity index (χ1v) is 9.66. The van der Waals surface area contributed by atoms with Gasteiger partial charge in [0.05, 0.1) is 22.0 Å². The maximum atomic E-state index is 13.0. The van der Waals surface area contributed by atoms with E-state index in [2.05, 4.69) is 0 Å². The maximum absolute atomic E-state index is 13.0. The molecule has 152 valence electrons. The molecule has 11 heteroatoms. The van der Waals surface area contributed by atoms with Crippen molar-refractivity contribution in [2.24, 2.45) is 11.1 Å². The molecular formula is C16H24ClN3O6S. The average molecular weight is 422 g/mol. The van der Waals surface area contributed by atoms with E-state index < -0.39 is 26.6 Å². The summed E-state index contributed by atoms with van der Waals surface area (Å²) in [6.07, 6.45) is 0.599. The molecule has 1 heterocycles. The van der Waals surface area contributed by atoms with Crippen LogP contribution in [-0.2, 0) is 14.8 Å². The number of ether oxygens (including phenoxy) is 1. The van der Waals surface area contributed by atoms with Crippen molar-refractivity contribution in [3.63, 3.8) is 0 Å². The molecule has 2 N–H and O–H groups in total. The molecule has 1 aromatic carbocycles. The van der Waals surface area contributed by atoms with E-state index in [1.54, 1.807) is 6.92 Å². The molecule has 0 radical (unpaired) electrons. The van der Waals surface area contributed by atoms with E-state index in [0.29, 0.717) is 13.0 Å². The van der Waals surface area contributed by atoms with Crippen LogP contribution in [0, 0.1) is 22.5 Å². The van der Waals surface area contributed by atoms with Gasteiger partial charge >= 0.3 is 5.97 Å². The largest absolute Gasteiger partial charge is 0.462 e. The fourth-order valence-corrected chi connectivity index (χ4v) is 4.57. The van der Waals surface area contributed by atoms with E-state index in [1.807, 2.05) is 6.92 Å². The zero-order valence-corrected chi connectivity index (χ0v) is 17.1. The Bertz CT molecular complexity index is 845. The minimum Gasteiger partial charge on any atom is -0.462 e. The number of esters is 1. The van der Waals surface area contributed by atoms with E-state index in [1.165, 1.54) is 11.2 Å². The third-order valence-electron chi connectivity index (χ3n) is 4.70. The van der Waals surface area contributed by atoms with E-state index in [9.17, 15) is 23.3 Å². The lowest BCUT2D eigenvalue weighted by molar-refractivity contribution is -0.385. The highest BCUT2D eigenvalue weighted by Gasteiger charge is 2.40. The van der Waals surface area contributed by atoms with Crippen molar-refractivity contribution in [2.45, 2.75) is 32.1 Å². The highest BCUT2D eigenvalue weighted by atomic mass is 35.5. The van der Waals surface area contributed by atoms with Gasteiger partial charge in [-0.2, -0.15) is 4.31 Å². The number of nitro benzene ring substituents is 1. The number of halogens is 1. The van der Waals surface area contributed by atoms with Gasteiger partial charge in [0.2, 0.25) is 10.0 Å². The molecule has 1 saturated heterocycles. The molecular weight excluding hydrogens is 398 g/mol. The van der Waals surface area contributed by atoms with Crippen LogP contribution in [0.2, 0.25) is 0 Å². The van der Waals surface area contributed by atoms with E-state index >= 15 is 0 Å². The van der Waals surface area contributed by atoms with E-state index in [-0.39, 0.29) is 53.5 Å². The minimum absolute atomic E-state index is 0. The second-order valence-electron chi connectivity index (χ2n) is 6.70. The van der Waals surface area contributed by atoms with Crippen LogP contribution in [0.3, 0.4) is 0 Å². The van der Waals surface area contributed by atoms with Crippen molar-refractivity contribution in [2.75, 3.05) is 26.2 Å². The lowest BCUT2D eigenvalue weighted by atomic mass is 9.90. The van der Waals surface area contributed by atoms with Crippen molar-refractivity contribution in [3.8, 4) is 0 Å². The molecule has 27 heavy (non-hydrogen) atoms. The fourth-order valence-electron chi connectivity index (χ4n) is 2.93. The van der Waals surface area contributed by atoms with Crippen molar-refractivity contribution < 1.29 is 22.9 Å². The van der Waals surface area contributed by atoms with Crippen LogP contribution in [0.15, 0.2) is 17.0 Å². The van der Waals surface area contributed by atoms with Crippen LogP contribution < -0.4 is 5.73 Å². The smallest absolute Gasteiger partial charge is 0.338 e. The first-order valence-electron chi connectivity index (χ1n) is 8.22. The van der Waals surface area contributed by atoms with Crippen molar-refractivity contribution in [3.05, 3.63) is 33.4 Å². The van der Waals surface area contributed by atoms with Gasteiger partial charge in [0.25, 0.3) is 5.69 Å². The van der Waals surface area contributed by atoms with Crippen LogP contribution in [0.25, 0.3) is 0 Å². The molecule has 9 nitrogen and oxygen atoms in total. The van der Waals surface area contributed by atoms with Crippen LogP contribution in [0.5, 0.6) is 0 Å².